The number of carbonyl (C=O) groups is 2. The molecule has 2 N–H and O–H groups in total. The zero-order chi connectivity index (χ0) is 18.9. The molecule has 0 unspecified atom stereocenters. The summed E-state index contributed by atoms with van der Waals surface area (Å²) in [6.07, 6.45) is 5.54. The highest BCUT2D eigenvalue weighted by Gasteiger charge is 2.20. The molecule has 0 radical (unpaired) electrons. The highest BCUT2D eigenvalue weighted by molar-refractivity contribution is 6.35. The second-order valence-corrected chi connectivity index (χ2v) is 6.50. The van der Waals surface area contributed by atoms with Crippen LogP contribution in [0.4, 0.5) is 0 Å². The molecule has 1 aliphatic carbocycles. The van der Waals surface area contributed by atoms with Gasteiger partial charge in [0, 0.05) is 6.04 Å². The zero-order valence-electron chi connectivity index (χ0n) is 15.1. The molecule has 0 bridgehead atoms. The van der Waals surface area contributed by atoms with E-state index in [0.29, 0.717) is 6.61 Å². The number of nitrogens with zero attached hydrogens (tertiary/aromatic N) is 1. The van der Waals surface area contributed by atoms with E-state index in [-0.39, 0.29) is 6.04 Å². The number of hydrazone groups is 1. The maximum atomic E-state index is 11.8. The summed E-state index contributed by atoms with van der Waals surface area (Å²) in [5.41, 5.74) is 4.14. The number of benzene rings is 2. The average molecular weight is 365 g/mol. The highest BCUT2D eigenvalue weighted by Crippen LogP contribution is 2.17. The van der Waals surface area contributed by atoms with Gasteiger partial charge in [0.2, 0.25) is 0 Å². The molecule has 140 valence electrons. The minimum Gasteiger partial charge on any atom is -0.489 e. The number of amides is 2. The molecule has 1 aliphatic rings. The fourth-order valence-corrected chi connectivity index (χ4v) is 2.93. The molecule has 0 atom stereocenters. The van der Waals surface area contributed by atoms with Gasteiger partial charge in [-0.1, -0.05) is 43.2 Å². The van der Waals surface area contributed by atoms with Gasteiger partial charge >= 0.3 is 11.8 Å². The van der Waals surface area contributed by atoms with E-state index in [2.05, 4.69) is 15.8 Å². The van der Waals surface area contributed by atoms with Crippen LogP contribution in [0.2, 0.25) is 0 Å². The molecule has 0 heterocycles. The summed E-state index contributed by atoms with van der Waals surface area (Å²) in [6, 6.07) is 17.4. The molecule has 0 aromatic heterocycles. The molecule has 0 spiro atoms. The second-order valence-electron chi connectivity index (χ2n) is 6.50. The second kappa shape index (κ2) is 9.52. The van der Waals surface area contributed by atoms with Crippen LogP contribution in [-0.2, 0) is 16.2 Å². The third-order valence-corrected chi connectivity index (χ3v) is 4.40. The van der Waals surface area contributed by atoms with Crippen LogP contribution in [0.25, 0.3) is 0 Å². The normalized spacial score (nSPS) is 14.2. The Labute approximate surface area is 158 Å². The summed E-state index contributed by atoms with van der Waals surface area (Å²) in [4.78, 5) is 23.5. The molecule has 0 aliphatic heterocycles. The average Bonchev–Trinajstić information content (AvgIpc) is 3.21. The van der Waals surface area contributed by atoms with Crippen molar-refractivity contribution in [2.45, 2.75) is 38.3 Å². The van der Waals surface area contributed by atoms with Gasteiger partial charge in [-0.15, -0.1) is 0 Å². The molecule has 6 nitrogen and oxygen atoms in total. The van der Waals surface area contributed by atoms with E-state index in [9.17, 15) is 9.59 Å². The molecule has 2 amide bonds. The predicted octanol–water partition coefficient (Wildman–Crippen LogP) is 2.77. The van der Waals surface area contributed by atoms with Crippen LogP contribution in [0.15, 0.2) is 59.7 Å². The van der Waals surface area contributed by atoms with E-state index in [0.717, 1.165) is 42.6 Å². The van der Waals surface area contributed by atoms with Crippen molar-refractivity contribution in [3.05, 3.63) is 65.7 Å². The summed E-state index contributed by atoms with van der Waals surface area (Å²) in [6.45, 7) is 0.500. The number of rotatable bonds is 6. The number of ether oxygens (including phenoxy) is 1. The Bertz CT molecular complexity index is 782. The van der Waals surface area contributed by atoms with Gasteiger partial charge in [0.25, 0.3) is 0 Å². The Morgan fingerprint density at radius 3 is 2.41 bits per heavy atom. The Hall–Kier alpha value is -3.15. The van der Waals surface area contributed by atoms with Gasteiger partial charge in [-0.25, -0.2) is 5.43 Å². The monoisotopic (exact) mass is 365 g/mol. The van der Waals surface area contributed by atoms with Crippen molar-refractivity contribution < 1.29 is 14.3 Å². The Kier molecular flexibility index (Phi) is 6.57. The molecular weight excluding hydrogens is 342 g/mol. The molecule has 27 heavy (non-hydrogen) atoms. The predicted molar refractivity (Wildman–Crippen MR) is 103 cm³/mol. The SMILES string of the molecule is O=C(N/N=C\c1ccc(OCc2ccccc2)cc1)C(=O)NC1CCCC1. The van der Waals surface area contributed by atoms with E-state index >= 15 is 0 Å². The van der Waals surface area contributed by atoms with Gasteiger partial charge in [-0.05, 0) is 48.2 Å². The molecule has 0 saturated heterocycles. The van der Waals surface area contributed by atoms with Crippen molar-refractivity contribution in [2.24, 2.45) is 5.10 Å². The minimum absolute atomic E-state index is 0.107. The zero-order valence-corrected chi connectivity index (χ0v) is 15.1. The number of carbonyl (C=O) groups excluding carboxylic acids is 2. The first kappa shape index (κ1) is 18.6. The van der Waals surface area contributed by atoms with Crippen molar-refractivity contribution in [1.82, 2.24) is 10.7 Å². The van der Waals surface area contributed by atoms with Crippen LogP contribution in [0.3, 0.4) is 0 Å². The molecule has 1 fully saturated rings. The maximum absolute atomic E-state index is 11.8. The van der Waals surface area contributed by atoms with Gasteiger partial charge in [-0.2, -0.15) is 5.10 Å². The van der Waals surface area contributed by atoms with Crippen LogP contribution >= 0.6 is 0 Å². The first-order chi connectivity index (χ1) is 13.2. The Balaban J connectivity index is 1.43. The fraction of sp³-hybridized carbons (Fsp3) is 0.286. The number of hydrogen-bond donors (Lipinski definition) is 2. The molecular formula is C21H23N3O3. The summed E-state index contributed by atoms with van der Waals surface area (Å²) >= 11 is 0. The van der Waals surface area contributed by atoms with Crippen molar-refractivity contribution in [3.8, 4) is 5.75 Å². The van der Waals surface area contributed by atoms with E-state index in [1.807, 2.05) is 54.6 Å². The van der Waals surface area contributed by atoms with Gasteiger partial charge in [0.1, 0.15) is 12.4 Å². The maximum Gasteiger partial charge on any atom is 0.329 e. The highest BCUT2D eigenvalue weighted by atomic mass is 16.5. The summed E-state index contributed by atoms with van der Waals surface area (Å²) in [7, 11) is 0. The molecule has 1 saturated carbocycles. The third-order valence-electron chi connectivity index (χ3n) is 4.40. The van der Waals surface area contributed by atoms with Crippen LogP contribution in [-0.4, -0.2) is 24.1 Å². The lowest BCUT2D eigenvalue weighted by Gasteiger charge is -2.10. The van der Waals surface area contributed by atoms with Crippen LogP contribution in [0, 0.1) is 0 Å². The number of nitrogens with one attached hydrogen (secondary N) is 2. The van der Waals surface area contributed by atoms with Crippen molar-refractivity contribution in [3.63, 3.8) is 0 Å². The van der Waals surface area contributed by atoms with E-state index < -0.39 is 11.8 Å². The number of hydrogen-bond acceptors (Lipinski definition) is 4. The van der Waals surface area contributed by atoms with Gasteiger partial charge in [0.15, 0.2) is 0 Å². The quantitative estimate of drug-likeness (QED) is 0.469. The third kappa shape index (κ3) is 5.95. The van der Waals surface area contributed by atoms with Crippen LogP contribution < -0.4 is 15.5 Å². The van der Waals surface area contributed by atoms with E-state index in [1.54, 1.807) is 0 Å². The van der Waals surface area contributed by atoms with Gasteiger partial charge in [-0.3, -0.25) is 9.59 Å². The molecule has 2 aromatic carbocycles. The summed E-state index contributed by atoms with van der Waals surface area (Å²) < 4.78 is 5.72. The summed E-state index contributed by atoms with van der Waals surface area (Å²) in [5, 5.41) is 6.56. The Morgan fingerprint density at radius 1 is 1.00 bits per heavy atom. The van der Waals surface area contributed by atoms with Crippen molar-refractivity contribution >= 4 is 18.0 Å². The first-order valence-electron chi connectivity index (χ1n) is 9.11. The lowest BCUT2D eigenvalue weighted by Crippen LogP contribution is -2.42. The van der Waals surface area contributed by atoms with Crippen molar-refractivity contribution in [2.75, 3.05) is 0 Å². The summed E-state index contributed by atoms with van der Waals surface area (Å²) in [5.74, 6) is -0.638. The van der Waals surface area contributed by atoms with Gasteiger partial charge < -0.3 is 10.1 Å². The van der Waals surface area contributed by atoms with Crippen LogP contribution in [0.1, 0.15) is 36.8 Å². The smallest absolute Gasteiger partial charge is 0.329 e. The lowest BCUT2D eigenvalue weighted by atomic mass is 10.2. The van der Waals surface area contributed by atoms with E-state index in [1.165, 1.54) is 6.21 Å². The van der Waals surface area contributed by atoms with E-state index in [4.69, 9.17) is 4.74 Å². The molecule has 2 aromatic rings. The first-order valence-corrected chi connectivity index (χ1v) is 9.11. The van der Waals surface area contributed by atoms with Gasteiger partial charge in [0.05, 0.1) is 6.21 Å². The molecule has 3 rings (SSSR count). The topological polar surface area (TPSA) is 79.8 Å². The largest absolute Gasteiger partial charge is 0.489 e. The fourth-order valence-electron chi connectivity index (χ4n) is 2.93. The standard InChI is InChI=1S/C21H23N3O3/c25-20(23-18-8-4-5-9-18)21(26)24-22-14-16-10-12-19(13-11-16)27-15-17-6-2-1-3-7-17/h1-3,6-7,10-14,18H,4-5,8-9,15H2,(H,23,25)(H,24,26)/b22-14-. The Morgan fingerprint density at radius 2 is 1.70 bits per heavy atom. The lowest BCUT2D eigenvalue weighted by molar-refractivity contribution is -0.139. The molecule has 6 heteroatoms. The van der Waals surface area contributed by atoms with Crippen molar-refractivity contribution in [1.29, 1.82) is 0 Å². The minimum atomic E-state index is -0.749. The van der Waals surface area contributed by atoms with Crippen LogP contribution in [0.5, 0.6) is 5.75 Å².